The fraction of sp³-hybridized carbons (Fsp3) is 0.286. The summed E-state index contributed by atoms with van der Waals surface area (Å²) in [4.78, 5) is 2.76. The molecule has 2 heterocycles. The molecule has 0 saturated carbocycles. The molecule has 0 spiro atoms. The molecule has 2 nitrogen and oxygen atoms in total. The summed E-state index contributed by atoms with van der Waals surface area (Å²) < 4.78 is 0. The van der Waals surface area contributed by atoms with E-state index in [1.165, 1.54) is 20.9 Å². The standard InChI is InChI=1S/C14H16N2S2/c1-9-6-7-17-14(9)13(16-15)11-8-18-12-5-3-2-4-10(11)12/h2-7,11,13,16H,8,15H2,1H3. The Kier molecular flexibility index (Phi) is 3.43. The van der Waals surface area contributed by atoms with Crippen LogP contribution in [0.15, 0.2) is 40.6 Å². The molecule has 2 aromatic rings. The third-order valence-electron chi connectivity index (χ3n) is 3.50. The average Bonchev–Trinajstić information content (AvgIpc) is 2.99. The number of thioether (sulfide) groups is 1. The van der Waals surface area contributed by atoms with Gasteiger partial charge in [-0.2, -0.15) is 0 Å². The number of hydrogen-bond acceptors (Lipinski definition) is 4. The van der Waals surface area contributed by atoms with Crippen LogP contribution in [0.25, 0.3) is 0 Å². The smallest absolute Gasteiger partial charge is 0.0632 e. The molecule has 2 unspecified atom stereocenters. The van der Waals surface area contributed by atoms with Gasteiger partial charge in [0.25, 0.3) is 0 Å². The van der Waals surface area contributed by atoms with E-state index < -0.39 is 0 Å². The van der Waals surface area contributed by atoms with E-state index in [4.69, 9.17) is 5.84 Å². The minimum absolute atomic E-state index is 0.223. The van der Waals surface area contributed by atoms with Gasteiger partial charge >= 0.3 is 0 Å². The molecule has 3 N–H and O–H groups in total. The largest absolute Gasteiger partial charge is 0.271 e. The summed E-state index contributed by atoms with van der Waals surface area (Å²) in [5.74, 6) is 7.39. The molecular formula is C14H16N2S2. The van der Waals surface area contributed by atoms with E-state index in [0.29, 0.717) is 5.92 Å². The van der Waals surface area contributed by atoms with Gasteiger partial charge in [-0.15, -0.1) is 23.1 Å². The summed E-state index contributed by atoms with van der Waals surface area (Å²) >= 11 is 3.72. The Balaban J connectivity index is 1.98. The minimum Gasteiger partial charge on any atom is -0.271 e. The highest BCUT2D eigenvalue weighted by Gasteiger charge is 2.31. The van der Waals surface area contributed by atoms with Crippen molar-refractivity contribution in [1.29, 1.82) is 0 Å². The van der Waals surface area contributed by atoms with Gasteiger partial charge in [-0.25, -0.2) is 0 Å². The maximum absolute atomic E-state index is 5.82. The summed E-state index contributed by atoms with van der Waals surface area (Å²) in [6.45, 7) is 2.16. The number of nitrogens with two attached hydrogens (primary N) is 1. The summed E-state index contributed by atoms with van der Waals surface area (Å²) in [6, 6.07) is 11.0. The zero-order valence-corrected chi connectivity index (χ0v) is 11.9. The number of benzene rings is 1. The molecule has 3 rings (SSSR count). The first kappa shape index (κ1) is 12.2. The Bertz CT molecular complexity index is 550. The topological polar surface area (TPSA) is 38.0 Å². The van der Waals surface area contributed by atoms with Gasteiger partial charge in [-0.05, 0) is 35.6 Å². The maximum Gasteiger partial charge on any atom is 0.0632 e. The lowest BCUT2D eigenvalue weighted by Gasteiger charge is -2.23. The van der Waals surface area contributed by atoms with Crippen LogP contribution in [-0.2, 0) is 0 Å². The van der Waals surface area contributed by atoms with Crippen LogP contribution in [0.1, 0.15) is 28.0 Å². The molecule has 0 bridgehead atoms. The lowest BCUT2D eigenvalue weighted by Crippen LogP contribution is -2.32. The molecule has 4 heteroatoms. The van der Waals surface area contributed by atoms with Crippen LogP contribution < -0.4 is 11.3 Å². The predicted molar refractivity (Wildman–Crippen MR) is 79.0 cm³/mol. The lowest BCUT2D eigenvalue weighted by molar-refractivity contribution is 0.491. The Morgan fingerprint density at radius 2 is 2.17 bits per heavy atom. The van der Waals surface area contributed by atoms with E-state index in [2.05, 4.69) is 48.1 Å². The molecule has 1 aromatic carbocycles. The third-order valence-corrected chi connectivity index (χ3v) is 5.81. The van der Waals surface area contributed by atoms with Crippen LogP contribution in [0, 0.1) is 6.92 Å². The normalized spacial score (nSPS) is 19.8. The Labute approximate surface area is 116 Å². The van der Waals surface area contributed by atoms with E-state index in [1.807, 2.05) is 11.8 Å². The summed E-state index contributed by atoms with van der Waals surface area (Å²) in [5, 5.41) is 2.14. The van der Waals surface area contributed by atoms with Crippen molar-refractivity contribution in [2.24, 2.45) is 5.84 Å². The van der Waals surface area contributed by atoms with Crippen LogP contribution in [0.3, 0.4) is 0 Å². The number of hydrazine groups is 1. The SMILES string of the molecule is Cc1ccsc1C(NN)C1CSc2ccccc21. The van der Waals surface area contributed by atoms with Crippen LogP contribution in [-0.4, -0.2) is 5.75 Å². The van der Waals surface area contributed by atoms with Gasteiger partial charge in [0.1, 0.15) is 0 Å². The fourth-order valence-electron chi connectivity index (χ4n) is 2.54. The van der Waals surface area contributed by atoms with Gasteiger partial charge in [-0.3, -0.25) is 11.3 Å². The molecule has 0 amide bonds. The number of aryl methyl sites for hydroxylation is 1. The zero-order valence-electron chi connectivity index (χ0n) is 10.2. The fourth-order valence-corrected chi connectivity index (χ4v) is 4.88. The highest BCUT2D eigenvalue weighted by molar-refractivity contribution is 7.99. The lowest BCUT2D eigenvalue weighted by atomic mass is 9.91. The number of fused-ring (bicyclic) bond motifs is 1. The van der Waals surface area contributed by atoms with Gasteiger partial charge in [0.15, 0.2) is 0 Å². The van der Waals surface area contributed by atoms with Crippen LogP contribution >= 0.6 is 23.1 Å². The predicted octanol–water partition coefficient (Wildman–Crippen LogP) is 3.45. The van der Waals surface area contributed by atoms with Crippen molar-refractivity contribution in [3.8, 4) is 0 Å². The number of thiophene rings is 1. The molecule has 1 aliphatic heterocycles. The first-order valence-corrected chi connectivity index (χ1v) is 7.89. The maximum atomic E-state index is 5.82. The molecule has 0 radical (unpaired) electrons. The van der Waals surface area contributed by atoms with Crippen molar-refractivity contribution >= 4 is 23.1 Å². The average molecular weight is 276 g/mol. The van der Waals surface area contributed by atoms with Crippen molar-refractivity contribution in [3.63, 3.8) is 0 Å². The third kappa shape index (κ3) is 1.99. The van der Waals surface area contributed by atoms with Gasteiger partial charge in [-0.1, -0.05) is 18.2 Å². The molecule has 94 valence electrons. The molecule has 0 saturated heterocycles. The Morgan fingerprint density at radius 1 is 1.33 bits per heavy atom. The summed E-state index contributed by atoms with van der Waals surface area (Å²) in [5.41, 5.74) is 5.79. The Morgan fingerprint density at radius 3 is 2.89 bits per heavy atom. The van der Waals surface area contributed by atoms with Gasteiger partial charge in [0.2, 0.25) is 0 Å². The van der Waals surface area contributed by atoms with Crippen molar-refractivity contribution in [3.05, 3.63) is 51.7 Å². The molecule has 1 aliphatic rings. The van der Waals surface area contributed by atoms with Crippen molar-refractivity contribution in [2.45, 2.75) is 23.8 Å². The van der Waals surface area contributed by atoms with Crippen LogP contribution in [0.5, 0.6) is 0 Å². The van der Waals surface area contributed by atoms with E-state index in [-0.39, 0.29) is 6.04 Å². The van der Waals surface area contributed by atoms with Crippen molar-refractivity contribution in [2.75, 3.05) is 5.75 Å². The van der Waals surface area contributed by atoms with Crippen molar-refractivity contribution in [1.82, 2.24) is 5.43 Å². The number of rotatable bonds is 3. The first-order chi connectivity index (χ1) is 8.81. The molecule has 1 aromatic heterocycles. The second-order valence-corrected chi connectivity index (χ2v) is 6.58. The molecule has 0 fully saturated rings. The molecule has 0 aliphatic carbocycles. The van der Waals surface area contributed by atoms with Gasteiger partial charge in [0.05, 0.1) is 6.04 Å². The summed E-state index contributed by atoms with van der Waals surface area (Å²) in [6.07, 6.45) is 0. The second-order valence-electron chi connectivity index (χ2n) is 4.57. The van der Waals surface area contributed by atoms with Crippen LogP contribution in [0.2, 0.25) is 0 Å². The first-order valence-electron chi connectivity index (χ1n) is 6.03. The van der Waals surface area contributed by atoms with E-state index in [9.17, 15) is 0 Å². The van der Waals surface area contributed by atoms with E-state index in [1.54, 1.807) is 11.3 Å². The van der Waals surface area contributed by atoms with Crippen LogP contribution in [0.4, 0.5) is 0 Å². The number of hydrogen-bond donors (Lipinski definition) is 2. The van der Waals surface area contributed by atoms with E-state index >= 15 is 0 Å². The molecule has 18 heavy (non-hydrogen) atoms. The molecule has 2 atom stereocenters. The minimum atomic E-state index is 0.223. The number of nitrogens with one attached hydrogen (secondary N) is 1. The summed E-state index contributed by atoms with van der Waals surface area (Å²) in [7, 11) is 0. The Hall–Kier alpha value is -0.810. The van der Waals surface area contributed by atoms with Gasteiger partial charge in [0, 0.05) is 21.4 Å². The monoisotopic (exact) mass is 276 g/mol. The second kappa shape index (κ2) is 5.05. The zero-order chi connectivity index (χ0) is 12.5. The highest BCUT2D eigenvalue weighted by atomic mass is 32.2. The van der Waals surface area contributed by atoms with Gasteiger partial charge < -0.3 is 0 Å². The quantitative estimate of drug-likeness (QED) is 0.666. The molecular weight excluding hydrogens is 260 g/mol. The van der Waals surface area contributed by atoms with Crippen molar-refractivity contribution < 1.29 is 0 Å². The highest BCUT2D eigenvalue weighted by Crippen LogP contribution is 2.46. The van der Waals surface area contributed by atoms with E-state index in [0.717, 1.165) is 5.75 Å².